The Morgan fingerprint density at radius 1 is 1.03 bits per heavy atom. The van der Waals surface area contributed by atoms with Crippen molar-refractivity contribution in [3.8, 4) is 27.6 Å². The van der Waals surface area contributed by atoms with Gasteiger partial charge in [-0.15, -0.1) is 16.4 Å². The van der Waals surface area contributed by atoms with Gasteiger partial charge in [0, 0.05) is 31.9 Å². The summed E-state index contributed by atoms with van der Waals surface area (Å²) < 4.78 is 11.6. The van der Waals surface area contributed by atoms with Crippen molar-refractivity contribution in [3.05, 3.63) is 99.3 Å². The molecule has 0 radical (unpaired) electrons. The predicted molar refractivity (Wildman–Crippen MR) is 143 cm³/mol. The molecule has 0 spiro atoms. The van der Waals surface area contributed by atoms with E-state index in [4.69, 9.17) is 37.3 Å². The van der Waals surface area contributed by atoms with Crippen LogP contribution in [0.2, 0.25) is 10.0 Å². The molecule has 0 aliphatic heterocycles. The van der Waals surface area contributed by atoms with Crippen molar-refractivity contribution in [2.75, 3.05) is 6.61 Å². The number of hydrogen-bond donors (Lipinski definition) is 1. The molecule has 0 aliphatic rings. The average molecular weight is 536 g/mol. The molecule has 0 saturated heterocycles. The van der Waals surface area contributed by atoms with E-state index in [0.717, 1.165) is 22.4 Å². The summed E-state index contributed by atoms with van der Waals surface area (Å²) in [5.41, 5.74) is 6.17. The predicted octanol–water partition coefficient (Wildman–Crippen LogP) is 7.17. The summed E-state index contributed by atoms with van der Waals surface area (Å²) in [6, 6.07) is 21.5. The molecule has 36 heavy (non-hydrogen) atoms. The third-order valence-electron chi connectivity index (χ3n) is 5.27. The number of amides is 1. The van der Waals surface area contributed by atoms with Gasteiger partial charge in [-0.05, 0) is 79.7 Å². The van der Waals surface area contributed by atoms with Crippen LogP contribution in [-0.2, 0) is 0 Å². The molecule has 0 atom stereocenters. The van der Waals surface area contributed by atoms with Crippen LogP contribution in [0.25, 0.3) is 32.8 Å². The van der Waals surface area contributed by atoms with Crippen LogP contribution in [0.3, 0.4) is 0 Å². The van der Waals surface area contributed by atoms with Gasteiger partial charge in [0.2, 0.25) is 5.55 Å². The van der Waals surface area contributed by atoms with Gasteiger partial charge < -0.3 is 9.15 Å². The number of hydrogen-bond acceptors (Lipinski definition) is 6. The first-order valence-electron chi connectivity index (χ1n) is 11.0. The Balaban J connectivity index is 1.54. The lowest BCUT2D eigenvalue weighted by Gasteiger charge is -2.05. The SMILES string of the molecule is CCOc1ccc(-c2csc(-c3cc4cc(Cl)ccc4o/c3=N\NC(=O)c3ccc(Cl)cc3)n2)cc1. The Labute approximate surface area is 220 Å². The molecule has 180 valence electrons. The monoisotopic (exact) mass is 535 g/mol. The minimum Gasteiger partial charge on any atom is -0.494 e. The van der Waals surface area contributed by atoms with Crippen LogP contribution in [-0.4, -0.2) is 17.5 Å². The number of ether oxygens (including phenoxy) is 1. The fourth-order valence-electron chi connectivity index (χ4n) is 3.52. The molecular formula is C27H19Cl2N3O3S. The lowest BCUT2D eigenvalue weighted by Crippen LogP contribution is -2.22. The zero-order chi connectivity index (χ0) is 25.1. The highest BCUT2D eigenvalue weighted by molar-refractivity contribution is 7.13. The molecule has 2 heterocycles. The van der Waals surface area contributed by atoms with E-state index in [-0.39, 0.29) is 5.55 Å². The van der Waals surface area contributed by atoms with E-state index in [0.29, 0.717) is 38.4 Å². The number of nitrogens with zero attached hydrogens (tertiary/aromatic N) is 2. The quantitative estimate of drug-likeness (QED) is 0.233. The van der Waals surface area contributed by atoms with E-state index in [1.165, 1.54) is 11.3 Å². The first kappa shape index (κ1) is 24.1. The van der Waals surface area contributed by atoms with Crippen LogP contribution < -0.4 is 15.7 Å². The molecule has 5 aromatic rings. The third kappa shape index (κ3) is 5.28. The van der Waals surface area contributed by atoms with Gasteiger partial charge in [0.25, 0.3) is 5.91 Å². The molecule has 1 amide bonds. The molecule has 6 nitrogen and oxygen atoms in total. The normalized spacial score (nSPS) is 11.6. The zero-order valence-electron chi connectivity index (χ0n) is 19.0. The van der Waals surface area contributed by atoms with Gasteiger partial charge in [0.15, 0.2) is 0 Å². The molecule has 1 N–H and O–H groups in total. The van der Waals surface area contributed by atoms with Gasteiger partial charge in [-0.2, -0.15) is 0 Å². The van der Waals surface area contributed by atoms with Crippen molar-refractivity contribution < 1.29 is 13.9 Å². The number of benzene rings is 3. The smallest absolute Gasteiger partial charge is 0.271 e. The Kier molecular flexibility index (Phi) is 7.04. The van der Waals surface area contributed by atoms with Crippen LogP contribution in [0, 0.1) is 0 Å². The molecule has 9 heteroatoms. The van der Waals surface area contributed by atoms with Crippen molar-refractivity contribution in [1.82, 2.24) is 10.4 Å². The third-order valence-corrected chi connectivity index (χ3v) is 6.63. The van der Waals surface area contributed by atoms with Gasteiger partial charge in [0.05, 0.1) is 17.9 Å². The Morgan fingerprint density at radius 3 is 2.53 bits per heavy atom. The van der Waals surface area contributed by atoms with Crippen LogP contribution in [0.5, 0.6) is 5.75 Å². The molecule has 0 bridgehead atoms. The molecule has 0 fully saturated rings. The van der Waals surface area contributed by atoms with Crippen molar-refractivity contribution in [2.45, 2.75) is 6.92 Å². The van der Waals surface area contributed by atoms with Gasteiger partial charge in [-0.3, -0.25) is 4.79 Å². The maximum atomic E-state index is 12.6. The van der Waals surface area contributed by atoms with E-state index in [9.17, 15) is 4.79 Å². The van der Waals surface area contributed by atoms with E-state index in [2.05, 4.69) is 10.5 Å². The van der Waals surface area contributed by atoms with Crippen LogP contribution in [0.1, 0.15) is 17.3 Å². The maximum absolute atomic E-state index is 12.6. The lowest BCUT2D eigenvalue weighted by atomic mass is 10.1. The van der Waals surface area contributed by atoms with Crippen molar-refractivity contribution in [1.29, 1.82) is 0 Å². The number of carbonyl (C=O) groups is 1. The summed E-state index contributed by atoms with van der Waals surface area (Å²) >= 11 is 13.6. The highest BCUT2D eigenvalue weighted by Crippen LogP contribution is 2.30. The standard InChI is InChI=1S/C27H19Cl2N3O3S/c1-2-34-21-10-5-16(6-11-21)23-15-36-27(30-23)22-14-18-13-20(29)9-12-24(18)35-26(22)32-31-25(33)17-3-7-19(28)8-4-17/h3-15H,2H2,1H3,(H,31,33)/b32-26-. The fourth-order valence-corrected chi connectivity index (χ4v) is 4.67. The molecule has 3 aromatic carbocycles. The molecule has 2 aromatic heterocycles. The number of fused-ring (bicyclic) bond motifs is 1. The van der Waals surface area contributed by atoms with Gasteiger partial charge >= 0.3 is 0 Å². The molecule has 0 aliphatic carbocycles. The summed E-state index contributed by atoms with van der Waals surface area (Å²) in [4.78, 5) is 17.4. The van der Waals surface area contributed by atoms with Crippen LogP contribution in [0.4, 0.5) is 0 Å². The molecule has 0 unspecified atom stereocenters. The van der Waals surface area contributed by atoms with Gasteiger partial charge in [0.1, 0.15) is 16.3 Å². The first-order valence-corrected chi connectivity index (χ1v) is 12.7. The maximum Gasteiger partial charge on any atom is 0.271 e. The lowest BCUT2D eigenvalue weighted by molar-refractivity contribution is 0.0951. The minimum atomic E-state index is -0.391. The Morgan fingerprint density at radius 2 is 1.78 bits per heavy atom. The van der Waals surface area contributed by atoms with E-state index < -0.39 is 5.91 Å². The summed E-state index contributed by atoms with van der Waals surface area (Å²) in [6.07, 6.45) is 0. The second kappa shape index (κ2) is 10.5. The number of rotatable bonds is 6. The number of thiazole rings is 1. The molecule has 5 rings (SSSR count). The van der Waals surface area contributed by atoms with Gasteiger partial charge in [-0.25, -0.2) is 10.4 Å². The topological polar surface area (TPSA) is 76.7 Å². The Hall–Kier alpha value is -3.65. The number of nitrogens with one attached hydrogen (secondary N) is 1. The van der Waals surface area contributed by atoms with E-state index in [1.54, 1.807) is 42.5 Å². The first-order chi connectivity index (χ1) is 17.5. The highest BCUT2D eigenvalue weighted by atomic mass is 35.5. The summed E-state index contributed by atoms with van der Waals surface area (Å²) in [5, 5.41) is 8.85. The zero-order valence-corrected chi connectivity index (χ0v) is 21.3. The van der Waals surface area contributed by atoms with Crippen molar-refractivity contribution >= 4 is 51.4 Å². The van der Waals surface area contributed by atoms with Crippen molar-refractivity contribution in [3.63, 3.8) is 0 Å². The van der Waals surface area contributed by atoms with E-state index in [1.807, 2.05) is 42.6 Å². The number of carbonyl (C=O) groups excluding carboxylic acids is 1. The Bertz CT molecular complexity index is 1610. The second-order valence-electron chi connectivity index (χ2n) is 7.70. The summed E-state index contributed by atoms with van der Waals surface area (Å²) in [6.45, 7) is 2.56. The largest absolute Gasteiger partial charge is 0.494 e. The van der Waals surface area contributed by atoms with Crippen molar-refractivity contribution in [2.24, 2.45) is 5.10 Å². The summed E-state index contributed by atoms with van der Waals surface area (Å²) in [7, 11) is 0. The highest BCUT2D eigenvalue weighted by Gasteiger charge is 2.13. The van der Waals surface area contributed by atoms with E-state index >= 15 is 0 Å². The number of halogens is 2. The number of aromatic nitrogens is 1. The average Bonchev–Trinajstić information content (AvgIpc) is 3.38. The fraction of sp³-hybridized carbons (Fsp3) is 0.0741. The van der Waals surface area contributed by atoms with Crippen LogP contribution in [0.15, 0.2) is 87.7 Å². The van der Waals surface area contributed by atoms with Crippen LogP contribution >= 0.6 is 34.5 Å². The van der Waals surface area contributed by atoms with Gasteiger partial charge in [-0.1, -0.05) is 23.2 Å². The minimum absolute atomic E-state index is 0.222. The molecular weight excluding hydrogens is 517 g/mol. The molecule has 0 saturated carbocycles. The summed E-state index contributed by atoms with van der Waals surface area (Å²) in [5.74, 6) is 0.415. The second-order valence-corrected chi connectivity index (χ2v) is 9.43.